The van der Waals surface area contributed by atoms with Crippen LogP contribution in [-0.2, 0) is 0 Å². The number of anilines is 1. The molecule has 0 heterocycles. The van der Waals surface area contributed by atoms with Crippen molar-refractivity contribution in [3.8, 4) is 0 Å². The Morgan fingerprint density at radius 1 is 1.35 bits per heavy atom. The largest absolute Gasteiger partial charge is 0.382 e. The Hall–Kier alpha value is -1.55. The minimum Gasteiger partial charge on any atom is -0.382 e. The highest BCUT2D eigenvalue weighted by molar-refractivity contribution is 5.99. The van der Waals surface area contributed by atoms with Gasteiger partial charge in [0, 0.05) is 31.9 Å². The molecule has 1 saturated carbocycles. The standard InChI is InChI=1S/C13H19N3O/c1-16(2)13(17)11-5-3-4-6-12(11)15-10-7-9(14)8-10/h3-6,9-10,15H,7-8,14H2,1-2H3. The average molecular weight is 233 g/mol. The van der Waals surface area contributed by atoms with Crippen LogP contribution in [0.5, 0.6) is 0 Å². The Balaban J connectivity index is 2.13. The molecule has 1 aromatic rings. The molecule has 4 nitrogen and oxygen atoms in total. The van der Waals surface area contributed by atoms with E-state index >= 15 is 0 Å². The van der Waals surface area contributed by atoms with E-state index in [-0.39, 0.29) is 5.91 Å². The summed E-state index contributed by atoms with van der Waals surface area (Å²) < 4.78 is 0. The van der Waals surface area contributed by atoms with Crippen LogP contribution in [0, 0.1) is 0 Å². The number of benzene rings is 1. The normalized spacial score (nSPS) is 22.8. The van der Waals surface area contributed by atoms with Crippen LogP contribution in [0.2, 0.25) is 0 Å². The third kappa shape index (κ3) is 2.58. The Labute approximate surface area is 102 Å². The van der Waals surface area contributed by atoms with E-state index in [1.165, 1.54) is 0 Å². The third-order valence-electron chi connectivity index (χ3n) is 3.10. The molecule has 17 heavy (non-hydrogen) atoms. The highest BCUT2D eigenvalue weighted by Gasteiger charge is 2.26. The first-order chi connectivity index (χ1) is 8.08. The van der Waals surface area contributed by atoms with Gasteiger partial charge in [0.15, 0.2) is 0 Å². The summed E-state index contributed by atoms with van der Waals surface area (Å²) in [6.07, 6.45) is 1.95. The quantitative estimate of drug-likeness (QED) is 0.827. The van der Waals surface area contributed by atoms with Crippen molar-refractivity contribution in [1.82, 2.24) is 4.90 Å². The van der Waals surface area contributed by atoms with Crippen LogP contribution in [0.4, 0.5) is 5.69 Å². The number of hydrogen-bond donors (Lipinski definition) is 2. The molecule has 0 aliphatic heterocycles. The lowest BCUT2D eigenvalue weighted by Crippen LogP contribution is -2.44. The maximum absolute atomic E-state index is 12.0. The van der Waals surface area contributed by atoms with E-state index in [1.54, 1.807) is 19.0 Å². The second-order valence-corrected chi connectivity index (χ2v) is 4.82. The predicted octanol–water partition coefficient (Wildman–Crippen LogP) is 1.29. The molecule has 1 aliphatic rings. The maximum Gasteiger partial charge on any atom is 0.255 e. The van der Waals surface area contributed by atoms with Gasteiger partial charge < -0.3 is 16.0 Å². The molecular formula is C13H19N3O. The molecule has 1 fully saturated rings. The maximum atomic E-state index is 12.0. The molecule has 0 radical (unpaired) electrons. The molecule has 0 atom stereocenters. The summed E-state index contributed by atoms with van der Waals surface area (Å²) in [5.41, 5.74) is 7.38. The minimum atomic E-state index is 0.0247. The predicted molar refractivity (Wildman–Crippen MR) is 69.1 cm³/mol. The number of nitrogens with two attached hydrogens (primary N) is 1. The van der Waals surface area contributed by atoms with Crippen LogP contribution in [0.15, 0.2) is 24.3 Å². The minimum absolute atomic E-state index is 0.0247. The molecule has 2 rings (SSSR count). The second kappa shape index (κ2) is 4.75. The zero-order valence-electron chi connectivity index (χ0n) is 10.3. The monoisotopic (exact) mass is 233 g/mol. The van der Waals surface area contributed by atoms with Crippen molar-refractivity contribution in [2.75, 3.05) is 19.4 Å². The summed E-state index contributed by atoms with van der Waals surface area (Å²) in [5.74, 6) is 0.0247. The zero-order chi connectivity index (χ0) is 12.4. The fraction of sp³-hybridized carbons (Fsp3) is 0.462. The van der Waals surface area contributed by atoms with E-state index in [0.717, 1.165) is 24.1 Å². The zero-order valence-corrected chi connectivity index (χ0v) is 10.3. The van der Waals surface area contributed by atoms with Gasteiger partial charge in [-0.3, -0.25) is 4.79 Å². The number of para-hydroxylation sites is 1. The molecule has 0 bridgehead atoms. The Morgan fingerprint density at radius 3 is 2.59 bits per heavy atom. The fourth-order valence-corrected chi connectivity index (χ4v) is 2.04. The van der Waals surface area contributed by atoms with Crippen molar-refractivity contribution < 1.29 is 4.79 Å². The molecule has 3 N–H and O–H groups in total. The smallest absolute Gasteiger partial charge is 0.255 e. The summed E-state index contributed by atoms with van der Waals surface area (Å²) in [7, 11) is 3.52. The summed E-state index contributed by atoms with van der Waals surface area (Å²) in [4.78, 5) is 13.6. The van der Waals surface area contributed by atoms with Gasteiger partial charge in [0.05, 0.1) is 5.56 Å². The van der Waals surface area contributed by atoms with Crippen molar-refractivity contribution >= 4 is 11.6 Å². The van der Waals surface area contributed by atoms with Gasteiger partial charge in [-0.1, -0.05) is 12.1 Å². The van der Waals surface area contributed by atoms with Crippen molar-refractivity contribution in [2.45, 2.75) is 24.9 Å². The molecule has 0 aromatic heterocycles. The summed E-state index contributed by atoms with van der Waals surface area (Å²) >= 11 is 0. The van der Waals surface area contributed by atoms with Crippen molar-refractivity contribution in [1.29, 1.82) is 0 Å². The number of nitrogens with zero attached hydrogens (tertiary/aromatic N) is 1. The summed E-state index contributed by atoms with van der Waals surface area (Å²) in [6.45, 7) is 0. The molecule has 1 amide bonds. The molecule has 92 valence electrons. The summed E-state index contributed by atoms with van der Waals surface area (Å²) in [5, 5.41) is 3.39. The van der Waals surface area contributed by atoms with Crippen LogP contribution < -0.4 is 11.1 Å². The van der Waals surface area contributed by atoms with E-state index in [0.29, 0.717) is 12.1 Å². The topological polar surface area (TPSA) is 58.4 Å². The van der Waals surface area contributed by atoms with E-state index in [2.05, 4.69) is 5.32 Å². The lowest BCUT2D eigenvalue weighted by atomic mass is 9.87. The van der Waals surface area contributed by atoms with Gasteiger partial charge in [-0.15, -0.1) is 0 Å². The molecular weight excluding hydrogens is 214 g/mol. The van der Waals surface area contributed by atoms with Crippen LogP contribution >= 0.6 is 0 Å². The molecule has 0 saturated heterocycles. The number of rotatable bonds is 3. The highest BCUT2D eigenvalue weighted by Crippen LogP contribution is 2.25. The van der Waals surface area contributed by atoms with Gasteiger partial charge in [0.1, 0.15) is 0 Å². The molecule has 4 heteroatoms. The van der Waals surface area contributed by atoms with Gasteiger partial charge >= 0.3 is 0 Å². The van der Waals surface area contributed by atoms with Gasteiger partial charge in [-0.2, -0.15) is 0 Å². The highest BCUT2D eigenvalue weighted by atomic mass is 16.2. The van der Waals surface area contributed by atoms with Crippen molar-refractivity contribution in [3.63, 3.8) is 0 Å². The van der Waals surface area contributed by atoms with E-state index in [4.69, 9.17) is 5.73 Å². The number of hydrogen-bond acceptors (Lipinski definition) is 3. The van der Waals surface area contributed by atoms with E-state index in [1.807, 2.05) is 24.3 Å². The van der Waals surface area contributed by atoms with Crippen LogP contribution in [-0.4, -0.2) is 37.0 Å². The summed E-state index contributed by atoms with van der Waals surface area (Å²) in [6, 6.07) is 8.33. The first-order valence-electron chi connectivity index (χ1n) is 5.90. The molecule has 1 aliphatic carbocycles. The number of amides is 1. The van der Waals surface area contributed by atoms with Crippen molar-refractivity contribution in [2.24, 2.45) is 5.73 Å². The SMILES string of the molecule is CN(C)C(=O)c1ccccc1NC1CC(N)C1. The Bertz CT molecular complexity index is 411. The molecule has 0 spiro atoms. The van der Waals surface area contributed by atoms with Gasteiger partial charge in [0.2, 0.25) is 0 Å². The van der Waals surface area contributed by atoms with Gasteiger partial charge in [-0.05, 0) is 25.0 Å². The van der Waals surface area contributed by atoms with Crippen LogP contribution in [0.3, 0.4) is 0 Å². The average Bonchev–Trinajstić information content (AvgIpc) is 2.26. The van der Waals surface area contributed by atoms with E-state index < -0.39 is 0 Å². The first kappa shape index (κ1) is 11.9. The van der Waals surface area contributed by atoms with Gasteiger partial charge in [-0.25, -0.2) is 0 Å². The molecule has 1 aromatic carbocycles. The second-order valence-electron chi connectivity index (χ2n) is 4.82. The van der Waals surface area contributed by atoms with E-state index in [9.17, 15) is 4.79 Å². The van der Waals surface area contributed by atoms with Gasteiger partial charge in [0.25, 0.3) is 5.91 Å². The number of nitrogens with one attached hydrogen (secondary N) is 1. The lowest BCUT2D eigenvalue weighted by molar-refractivity contribution is 0.0828. The van der Waals surface area contributed by atoms with Crippen molar-refractivity contribution in [3.05, 3.63) is 29.8 Å². The van der Waals surface area contributed by atoms with Crippen LogP contribution in [0.25, 0.3) is 0 Å². The first-order valence-corrected chi connectivity index (χ1v) is 5.90. The third-order valence-corrected chi connectivity index (χ3v) is 3.10. The molecule has 0 unspecified atom stereocenters. The number of carbonyl (C=O) groups excluding carboxylic acids is 1. The Kier molecular flexibility index (Phi) is 3.33. The van der Waals surface area contributed by atoms with Crippen LogP contribution in [0.1, 0.15) is 23.2 Å². The lowest BCUT2D eigenvalue weighted by Gasteiger charge is -2.34. The number of carbonyl (C=O) groups is 1. The fourth-order valence-electron chi connectivity index (χ4n) is 2.04. The Morgan fingerprint density at radius 2 is 2.00 bits per heavy atom.